The van der Waals surface area contributed by atoms with Crippen LogP contribution in [0.15, 0.2) is 23.1 Å². The number of halogens is 1. The lowest BCUT2D eigenvalue weighted by molar-refractivity contribution is 0.230. The number of sulfone groups is 1. The Labute approximate surface area is 119 Å². The number of nitrogens with one attached hydrogen (secondary N) is 1. The van der Waals surface area contributed by atoms with Crippen LogP contribution in [0.4, 0.5) is 10.1 Å². The summed E-state index contributed by atoms with van der Waals surface area (Å²) in [5.41, 5.74) is 0.583. The van der Waals surface area contributed by atoms with Gasteiger partial charge in [0.25, 0.3) is 0 Å². The molecule has 1 aromatic carbocycles. The van der Waals surface area contributed by atoms with Crippen LogP contribution in [0.25, 0.3) is 0 Å². The minimum atomic E-state index is -3.33. The zero-order valence-corrected chi connectivity index (χ0v) is 12.5. The molecule has 1 aromatic rings. The lowest BCUT2D eigenvalue weighted by atomic mass is 9.93. The van der Waals surface area contributed by atoms with Gasteiger partial charge in [-0.05, 0) is 25.0 Å². The van der Waals surface area contributed by atoms with Crippen LogP contribution in [0.3, 0.4) is 0 Å². The summed E-state index contributed by atoms with van der Waals surface area (Å²) < 4.78 is 42.3. The Hall–Kier alpha value is -1.30. The van der Waals surface area contributed by atoms with Gasteiger partial charge in [0, 0.05) is 18.0 Å². The van der Waals surface area contributed by atoms with Crippen LogP contribution < -0.4 is 10.1 Å². The minimum Gasteiger partial charge on any atom is -0.497 e. The molecule has 1 N–H and O–H groups in total. The fourth-order valence-corrected chi connectivity index (χ4v) is 3.12. The van der Waals surface area contributed by atoms with Gasteiger partial charge in [-0.3, -0.25) is 0 Å². The van der Waals surface area contributed by atoms with Crippen LogP contribution in [0.5, 0.6) is 5.75 Å². The molecule has 0 aliphatic heterocycles. The number of hydrogen-bond donors (Lipinski definition) is 1. The first kappa shape index (κ1) is 15.1. The third kappa shape index (κ3) is 3.62. The number of ether oxygens (including phenoxy) is 1. The van der Waals surface area contributed by atoms with Crippen molar-refractivity contribution in [3.63, 3.8) is 0 Å². The quantitative estimate of drug-likeness (QED) is 0.929. The second kappa shape index (κ2) is 5.99. The Bertz CT molecular complexity index is 574. The summed E-state index contributed by atoms with van der Waals surface area (Å²) in [4.78, 5) is 0.172. The fourth-order valence-electron chi connectivity index (χ4n) is 2.45. The standard InChI is InChI=1S/C14H20FNO3S/c1-19-11-7-10(8-12(9-11)20(2,17)18)16-14-6-4-3-5-13(14)15/h7-9,13-14,16H,3-6H2,1-2H3/t13-,14?/m1/s1. The highest BCUT2D eigenvalue weighted by Crippen LogP contribution is 2.28. The Morgan fingerprint density at radius 3 is 2.55 bits per heavy atom. The van der Waals surface area contributed by atoms with Crippen LogP contribution in [-0.2, 0) is 9.84 Å². The van der Waals surface area contributed by atoms with Gasteiger partial charge in [-0.25, -0.2) is 12.8 Å². The molecule has 2 rings (SSSR count). The van der Waals surface area contributed by atoms with Crippen molar-refractivity contribution in [2.75, 3.05) is 18.7 Å². The highest BCUT2D eigenvalue weighted by Gasteiger charge is 2.25. The number of anilines is 1. The highest BCUT2D eigenvalue weighted by molar-refractivity contribution is 7.90. The molecule has 1 aliphatic rings. The topological polar surface area (TPSA) is 55.4 Å². The monoisotopic (exact) mass is 301 g/mol. The molecule has 0 bridgehead atoms. The number of hydrogen-bond acceptors (Lipinski definition) is 4. The molecule has 1 saturated carbocycles. The summed E-state index contributed by atoms with van der Waals surface area (Å²) in [6.45, 7) is 0. The first-order valence-electron chi connectivity index (χ1n) is 6.70. The van der Waals surface area contributed by atoms with Gasteiger partial charge in [0.05, 0.1) is 18.0 Å². The van der Waals surface area contributed by atoms with Gasteiger partial charge in [0.2, 0.25) is 0 Å². The van der Waals surface area contributed by atoms with E-state index in [0.717, 1.165) is 25.5 Å². The second-order valence-corrected chi connectivity index (χ2v) is 7.24. The largest absolute Gasteiger partial charge is 0.497 e. The summed E-state index contributed by atoms with van der Waals surface area (Å²) in [6, 6.07) is 4.42. The number of methoxy groups -OCH3 is 1. The van der Waals surface area contributed by atoms with Gasteiger partial charge < -0.3 is 10.1 Å². The molecule has 0 amide bonds. The lowest BCUT2D eigenvalue weighted by Crippen LogP contribution is -2.33. The zero-order chi connectivity index (χ0) is 14.8. The van der Waals surface area contributed by atoms with Crippen molar-refractivity contribution in [3.8, 4) is 5.75 Å². The van der Waals surface area contributed by atoms with Crippen LogP contribution in [-0.4, -0.2) is 34.0 Å². The Balaban J connectivity index is 2.26. The number of benzene rings is 1. The normalized spacial score (nSPS) is 23.4. The van der Waals surface area contributed by atoms with Gasteiger partial charge in [-0.15, -0.1) is 0 Å². The summed E-state index contributed by atoms with van der Waals surface area (Å²) >= 11 is 0. The van der Waals surface area contributed by atoms with E-state index in [1.165, 1.54) is 19.2 Å². The first-order valence-corrected chi connectivity index (χ1v) is 8.59. The molecular formula is C14H20FNO3S. The maximum absolute atomic E-state index is 13.8. The van der Waals surface area contributed by atoms with E-state index in [9.17, 15) is 12.8 Å². The van der Waals surface area contributed by atoms with Gasteiger partial charge in [0.15, 0.2) is 9.84 Å². The SMILES string of the molecule is COc1cc(NC2CCCC[C@H]2F)cc(S(C)(=O)=O)c1. The number of rotatable bonds is 4. The van der Waals surface area contributed by atoms with Gasteiger partial charge in [-0.1, -0.05) is 12.8 Å². The van der Waals surface area contributed by atoms with Crippen molar-refractivity contribution in [2.45, 2.75) is 42.8 Å². The number of alkyl halides is 1. The summed E-state index contributed by atoms with van der Waals surface area (Å²) in [6.07, 6.45) is 3.46. The van der Waals surface area contributed by atoms with E-state index in [1.807, 2.05) is 0 Å². The average molecular weight is 301 g/mol. The maximum atomic E-state index is 13.8. The Morgan fingerprint density at radius 1 is 1.25 bits per heavy atom. The van der Waals surface area contributed by atoms with E-state index in [1.54, 1.807) is 6.07 Å². The van der Waals surface area contributed by atoms with Crippen molar-refractivity contribution in [1.82, 2.24) is 0 Å². The fraction of sp³-hybridized carbons (Fsp3) is 0.571. The van der Waals surface area contributed by atoms with Crippen LogP contribution in [0, 0.1) is 0 Å². The molecule has 112 valence electrons. The van der Waals surface area contributed by atoms with Gasteiger partial charge in [0.1, 0.15) is 11.9 Å². The summed E-state index contributed by atoms with van der Waals surface area (Å²) in [5.74, 6) is 0.446. The molecular weight excluding hydrogens is 281 g/mol. The molecule has 0 spiro atoms. The second-order valence-electron chi connectivity index (χ2n) is 5.22. The van der Waals surface area contributed by atoms with E-state index in [2.05, 4.69) is 5.32 Å². The molecule has 0 heterocycles. The molecule has 0 aromatic heterocycles. The predicted octanol–water partition coefficient (Wildman–Crippen LogP) is 2.79. The lowest BCUT2D eigenvalue weighted by Gasteiger charge is -2.27. The van der Waals surface area contributed by atoms with Crippen molar-refractivity contribution >= 4 is 15.5 Å². The van der Waals surface area contributed by atoms with E-state index in [0.29, 0.717) is 17.9 Å². The zero-order valence-electron chi connectivity index (χ0n) is 11.7. The van der Waals surface area contributed by atoms with Crippen molar-refractivity contribution in [1.29, 1.82) is 0 Å². The van der Waals surface area contributed by atoms with E-state index >= 15 is 0 Å². The molecule has 6 heteroatoms. The smallest absolute Gasteiger partial charge is 0.175 e. The molecule has 20 heavy (non-hydrogen) atoms. The average Bonchev–Trinajstić information content (AvgIpc) is 2.40. The first-order chi connectivity index (χ1) is 9.40. The predicted molar refractivity (Wildman–Crippen MR) is 76.9 cm³/mol. The Kier molecular flexibility index (Phi) is 4.52. The molecule has 0 saturated heterocycles. The van der Waals surface area contributed by atoms with E-state index in [-0.39, 0.29) is 10.9 Å². The van der Waals surface area contributed by atoms with Gasteiger partial charge >= 0.3 is 0 Å². The maximum Gasteiger partial charge on any atom is 0.175 e. The van der Waals surface area contributed by atoms with Crippen molar-refractivity contribution in [3.05, 3.63) is 18.2 Å². The third-order valence-corrected chi connectivity index (χ3v) is 4.67. The highest BCUT2D eigenvalue weighted by atomic mass is 32.2. The van der Waals surface area contributed by atoms with Crippen molar-refractivity contribution < 1.29 is 17.5 Å². The molecule has 4 nitrogen and oxygen atoms in total. The van der Waals surface area contributed by atoms with Gasteiger partial charge in [-0.2, -0.15) is 0 Å². The molecule has 2 atom stereocenters. The summed E-state index contributed by atoms with van der Waals surface area (Å²) in [5, 5.41) is 3.10. The van der Waals surface area contributed by atoms with Crippen LogP contribution >= 0.6 is 0 Å². The molecule has 1 aliphatic carbocycles. The molecule has 1 unspecified atom stereocenters. The van der Waals surface area contributed by atoms with Crippen LogP contribution in [0.1, 0.15) is 25.7 Å². The van der Waals surface area contributed by atoms with Crippen molar-refractivity contribution in [2.24, 2.45) is 0 Å². The van der Waals surface area contributed by atoms with E-state index in [4.69, 9.17) is 4.74 Å². The molecule has 1 fully saturated rings. The Morgan fingerprint density at radius 2 is 1.95 bits per heavy atom. The van der Waals surface area contributed by atoms with E-state index < -0.39 is 16.0 Å². The summed E-state index contributed by atoms with van der Waals surface area (Å²) in [7, 11) is -1.85. The minimum absolute atomic E-state index is 0.172. The van der Waals surface area contributed by atoms with Crippen LogP contribution in [0.2, 0.25) is 0 Å². The third-order valence-electron chi connectivity index (χ3n) is 3.58. The molecule has 0 radical (unpaired) electrons.